The zero-order valence-electron chi connectivity index (χ0n) is 34.3. The Morgan fingerprint density at radius 2 is 1.33 bits per heavy atom. The number of allylic oxidation sites excluding steroid dienone is 3. The van der Waals surface area contributed by atoms with Gasteiger partial charge in [0.05, 0.1) is 59.5 Å². The summed E-state index contributed by atoms with van der Waals surface area (Å²) in [6.45, 7) is 7.73. The van der Waals surface area contributed by atoms with Crippen molar-refractivity contribution in [3.63, 3.8) is 0 Å². The zero-order valence-corrected chi connectivity index (χ0v) is 35.1. The number of aliphatic hydroxyl groups excluding tert-OH is 1. The molecule has 2 heterocycles. The molecule has 0 spiro atoms. The molecule has 5 rings (SSSR count). The molecule has 0 saturated carbocycles. The van der Waals surface area contributed by atoms with E-state index in [1.165, 1.54) is 63.9 Å². The Bertz CT molecular complexity index is 1950. The van der Waals surface area contributed by atoms with Crippen LogP contribution in [-0.2, 0) is 17.5 Å². The van der Waals surface area contributed by atoms with Crippen molar-refractivity contribution < 1.29 is 41.5 Å². The van der Waals surface area contributed by atoms with E-state index in [-0.39, 0.29) is 27.7 Å². The number of unbranched alkanes of at least 4 members (excludes halogenated alkanes) is 14. The number of carbonyl (C=O) groups is 1. The first-order chi connectivity index (χ1) is 27.5. The van der Waals surface area contributed by atoms with Crippen molar-refractivity contribution in [3.8, 4) is 11.5 Å². The van der Waals surface area contributed by atoms with Gasteiger partial charge in [0.25, 0.3) is 5.52 Å². The van der Waals surface area contributed by atoms with E-state index >= 15 is 0 Å². The number of benzene rings is 2. The smallest absolute Gasteiger partial charge is 0.417 e. The summed E-state index contributed by atoms with van der Waals surface area (Å²) in [5.74, 6) is 1.39. The molecule has 312 valence electrons. The van der Waals surface area contributed by atoms with Crippen molar-refractivity contribution in [1.82, 2.24) is 0 Å². The van der Waals surface area contributed by atoms with E-state index in [1.54, 1.807) is 37.3 Å². The van der Waals surface area contributed by atoms with Gasteiger partial charge in [0.2, 0.25) is 11.4 Å². The number of ether oxygens (including phenoxy) is 2. The lowest BCUT2D eigenvalue weighted by Gasteiger charge is -2.27. The minimum Gasteiger partial charge on any atom is -0.506 e. The number of aliphatic hydroxyl groups is 1. The molecule has 57 heavy (non-hydrogen) atoms. The van der Waals surface area contributed by atoms with Gasteiger partial charge in [-0.05, 0) is 38.0 Å². The number of halogens is 4. The molecule has 1 aromatic heterocycles. The first-order valence-electron chi connectivity index (χ1n) is 20.9. The average molecular weight is 815 g/mol. The van der Waals surface area contributed by atoms with Gasteiger partial charge in [0.15, 0.2) is 18.0 Å². The molecular formula is C45H60ClF3N3O5+. The van der Waals surface area contributed by atoms with Crippen molar-refractivity contribution in [2.45, 2.75) is 136 Å². The molecule has 2 aliphatic rings. The van der Waals surface area contributed by atoms with Gasteiger partial charge in [-0.3, -0.25) is 4.79 Å². The lowest BCUT2D eigenvalue weighted by molar-refractivity contribution is -0.678. The number of hydrogen-bond donors (Lipinski definition) is 1. The second-order valence-corrected chi connectivity index (χ2v) is 15.5. The van der Waals surface area contributed by atoms with E-state index in [0.717, 1.165) is 56.5 Å². The summed E-state index contributed by atoms with van der Waals surface area (Å²) < 4.78 is 61.5. The third-order valence-corrected chi connectivity index (χ3v) is 11.4. The second kappa shape index (κ2) is 20.5. The summed E-state index contributed by atoms with van der Waals surface area (Å²) in [6.07, 6.45) is 16.5. The molecule has 0 radical (unpaired) electrons. The molecule has 0 saturated heterocycles. The van der Waals surface area contributed by atoms with Crippen molar-refractivity contribution in [3.05, 3.63) is 69.5 Å². The monoisotopic (exact) mass is 814 g/mol. The van der Waals surface area contributed by atoms with E-state index < -0.39 is 11.7 Å². The van der Waals surface area contributed by atoms with Gasteiger partial charge in [-0.15, -0.1) is 0 Å². The highest BCUT2D eigenvalue weighted by atomic mass is 35.5. The summed E-state index contributed by atoms with van der Waals surface area (Å²) in [5, 5.41) is 11.1. The van der Waals surface area contributed by atoms with E-state index in [0.29, 0.717) is 59.8 Å². The normalized spacial score (nSPS) is 15.8. The Morgan fingerprint density at radius 1 is 0.772 bits per heavy atom. The number of fused-ring (bicyclic) bond motifs is 2. The molecule has 1 aliphatic heterocycles. The zero-order chi connectivity index (χ0) is 41.1. The van der Waals surface area contributed by atoms with Crippen molar-refractivity contribution in [2.75, 3.05) is 37.1 Å². The number of nitrogens with zero attached hydrogens (tertiary/aromatic N) is 3. The Labute approximate surface area is 340 Å². The highest BCUT2D eigenvalue weighted by molar-refractivity contribution is 6.32. The van der Waals surface area contributed by atoms with E-state index in [9.17, 15) is 23.1 Å². The third kappa shape index (κ3) is 10.3. The number of alkyl halides is 3. The Hall–Kier alpha value is -4.12. The average Bonchev–Trinajstić information content (AvgIpc) is 3.68. The standard InChI is InChI=1S/C45H59ClF3N3O5/c1-6-9-11-13-15-17-19-21-23-51-36-28-34(46)33(45(47,48)49)27-35(36)50(8-3)41(51)25-31-43(53)32(44(31)54)26-42-52(24-22-20-18-16-14-12-10-7-2)37-29-39(55-4)40(56-5)30-38(37)57-42/h25-30H,6-24H2,1-5H3/p+1. The fourth-order valence-corrected chi connectivity index (χ4v) is 8.12. The summed E-state index contributed by atoms with van der Waals surface area (Å²) in [5.41, 5.74) is 1.49. The topological polar surface area (TPSA) is 79.3 Å². The van der Waals surface area contributed by atoms with Crippen LogP contribution in [-0.4, -0.2) is 38.2 Å². The molecule has 0 amide bonds. The Morgan fingerprint density at radius 3 is 1.89 bits per heavy atom. The third-order valence-electron chi connectivity index (χ3n) is 11.1. The lowest BCUT2D eigenvalue weighted by atomic mass is 9.87. The SMILES string of the molecule is CCCCCCCCCCN1/C(=C\C2=C(O)C(=C\c3oc4cc(OC)c(OC)cc4[n+]3CCCCCCCCCC)/C2=O)N(CC)c2cc(C(F)(F)F)c(Cl)cc21. The van der Waals surface area contributed by atoms with E-state index in [2.05, 4.69) is 13.8 Å². The number of hydrogen-bond acceptors (Lipinski definition) is 7. The van der Waals surface area contributed by atoms with Gasteiger partial charge in [-0.25, -0.2) is 0 Å². The van der Waals surface area contributed by atoms with Crippen LogP contribution in [0.15, 0.2) is 57.5 Å². The van der Waals surface area contributed by atoms with Crippen LogP contribution in [0.2, 0.25) is 5.02 Å². The number of aromatic nitrogens is 1. The van der Waals surface area contributed by atoms with Gasteiger partial charge in [-0.1, -0.05) is 109 Å². The van der Waals surface area contributed by atoms with E-state index in [4.69, 9.17) is 25.5 Å². The maximum atomic E-state index is 14.0. The number of ketones is 1. The quantitative estimate of drug-likeness (QED) is 0.0580. The summed E-state index contributed by atoms with van der Waals surface area (Å²) in [4.78, 5) is 17.6. The van der Waals surface area contributed by atoms with Gasteiger partial charge in [0, 0.05) is 25.6 Å². The molecule has 0 atom stereocenters. The molecule has 0 fully saturated rings. The first-order valence-corrected chi connectivity index (χ1v) is 21.3. The van der Waals surface area contributed by atoms with Crippen molar-refractivity contribution >= 4 is 45.9 Å². The molecule has 0 unspecified atom stereocenters. The van der Waals surface area contributed by atoms with Gasteiger partial charge < -0.3 is 28.8 Å². The largest absolute Gasteiger partial charge is 0.506 e. The maximum absolute atomic E-state index is 14.0. The number of rotatable bonds is 23. The van der Waals surface area contributed by atoms with Gasteiger partial charge >= 0.3 is 12.1 Å². The number of aryl methyl sites for hydroxylation is 1. The predicted molar refractivity (Wildman–Crippen MR) is 222 cm³/mol. The van der Waals surface area contributed by atoms with Crippen LogP contribution in [0.25, 0.3) is 17.2 Å². The maximum Gasteiger partial charge on any atom is 0.417 e. The lowest BCUT2D eigenvalue weighted by Crippen LogP contribution is -2.36. The number of carbonyl (C=O) groups excluding carboxylic acids is 1. The number of anilines is 2. The molecule has 1 aliphatic carbocycles. The molecule has 0 bridgehead atoms. The summed E-state index contributed by atoms with van der Waals surface area (Å²) in [7, 11) is 3.13. The minimum atomic E-state index is -4.64. The predicted octanol–water partition coefficient (Wildman–Crippen LogP) is 12.7. The molecule has 1 N–H and O–H groups in total. The molecule has 8 nitrogen and oxygen atoms in total. The number of oxazole rings is 1. The fourth-order valence-electron chi connectivity index (χ4n) is 7.85. The Kier molecular flexibility index (Phi) is 15.8. The molecular weight excluding hydrogens is 755 g/mol. The van der Waals surface area contributed by atoms with Crippen LogP contribution in [0.4, 0.5) is 24.5 Å². The summed E-state index contributed by atoms with van der Waals surface area (Å²) >= 11 is 6.25. The number of methoxy groups -OCH3 is 2. The highest BCUT2D eigenvalue weighted by Gasteiger charge is 2.41. The van der Waals surface area contributed by atoms with Crippen LogP contribution in [0.5, 0.6) is 11.5 Å². The number of Topliss-reactive ketones (excluding diaryl/α,β-unsaturated/α-hetero) is 1. The fraction of sp³-hybridized carbons (Fsp3) is 0.556. The minimum absolute atomic E-state index is 0.0830. The molecule has 3 aromatic rings. The first kappa shape index (κ1) is 44.0. The van der Waals surface area contributed by atoms with Crippen LogP contribution in [0.1, 0.15) is 135 Å². The van der Waals surface area contributed by atoms with E-state index in [1.807, 2.05) is 22.5 Å². The van der Waals surface area contributed by atoms with Gasteiger partial charge in [-0.2, -0.15) is 17.7 Å². The summed E-state index contributed by atoms with van der Waals surface area (Å²) in [6, 6.07) is 6.06. The van der Waals surface area contributed by atoms with Crippen LogP contribution in [0, 0.1) is 0 Å². The highest BCUT2D eigenvalue weighted by Crippen LogP contribution is 2.48. The molecule has 12 heteroatoms. The van der Waals surface area contributed by atoms with Crippen LogP contribution in [0.3, 0.4) is 0 Å². The van der Waals surface area contributed by atoms with Crippen LogP contribution >= 0.6 is 11.6 Å². The Balaban J connectivity index is 1.45. The second-order valence-electron chi connectivity index (χ2n) is 15.1. The van der Waals surface area contributed by atoms with Crippen molar-refractivity contribution in [1.29, 1.82) is 0 Å². The van der Waals surface area contributed by atoms with Crippen LogP contribution < -0.4 is 23.8 Å². The van der Waals surface area contributed by atoms with Gasteiger partial charge in [0.1, 0.15) is 11.6 Å². The van der Waals surface area contributed by atoms with Crippen molar-refractivity contribution in [2.24, 2.45) is 0 Å². The molecule has 2 aromatic carbocycles.